The second-order valence-corrected chi connectivity index (χ2v) is 9.30. The summed E-state index contributed by atoms with van der Waals surface area (Å²) in [6.45, 7) is 7.56. The van der Waals surface area contributed by atoms with E-state index in [1.807, 2.05) is 33.0 Å². The highest BCUT2D eigenvalue weighted by atomic mass is 35.5. The van der Waals surface area contributed by atoms with E-state index in [9.17, 15) is 4.79 Å². The molecule has 2 heterocycles. The topological polar surface area (TPSA) is 58.6 Å². The van der Waals surface area contributed by atoms with Crippen LogP contribution in [0.1, 0.15) is 53.3 Å². The SMILES string of the molecule is Cc1cc(C(=O)N(C)CC2CC(Oc3cccc(CN4CCCC4)c3Cl)C2)nc(C)n1. The average Bonchev–Trinajstić information content (AvgIpc) is 3.20. The van der Waals surface area contributed by atoms with Crippen molar-refractivity contribution >= 4 is 17.5 Å². The van der Waals surface area contributed by atoms with Crippen LogP contribution in [0.25, 0.3) is 0 Å². The van der Waals surface area contributed by atoms with Gasteiger partial charge in [-0.15, -0.1) is 0 Å². The highest BCUT2D eigenvalue weighted by Gasteiger charge is 2.33. The summed E-state index contributed by atoms with van der Waals surface area (Å²) in [6.07, 6.45) is 4.53. The number of aryl methyl sites for hydroxylation is 2. The summed E-state index contributed by atoms with van der Waals surface area (Å²) in [5.74, 6) is 1.76. The molecule has 0 N–H and O–H groups in total. The molecule has 0 spiro atoms. The molecule has 7 heteroatoms. The van der Waals surface area contributed by atoms with Gasteiger partial charge in [-0.2, -0.15) is 0 Å². The maximum atomic E-state index is 12.7. The molecule has 2 aromatic rings. The predicted octanol–water partition coefficient (Wildman–Crippen LogP) is 4.27. The molecule has 1 aromatic carbocycles. The lowest BCUT2D eigenvalue weighted by atomic mass is 9.82. The van der Waals surface area contributed by atoms with Crippen molar-refractivity contribution in [2.45, 2.75) is 52.2 Å². The van der Waals surface area contributed by atoms with Crippen LogP contribution in [0, 0.1) is 19.8 Å². The van der Waals surface area contributed by atoms with E-state index in [4.69, 9.17) is 16.3 Å². The van der Waals surface area contributed by atoms with Gasteiger partial charge in [0.25, 0.3) is 5.91 Å². The third-order valence-electron chi connectivity index (χ3n) is 6.19. The highest BCUT2D eigenvalue weighted by molar-refractivity contribution is 6.32. The second kappa shape index (κ2) is 9.53. The van der Waals surface area contributed by atoms with Crippen molar-refractivity contribution < 1.29 is 9.53 Å². The standard InChI is InChI=1S/C24H31ClN4O2/c1-16-11-21(27-17(2)26-16)24(30)28(3)14-18-12-20(13-18)31-22-8-6-7-19(23(22)25)15-29-9-4-5-10-29/h6-8,11,18,20H,4-5,9-10,12-15H2,1-3H3. The molecular formula is C24H31ClN4O2. The van der Waals surface area contributed by atoms with Crippen LogP contribution in [-0.4, -0.2) is 58.5 Å². The first-order valence-electron chi connectivity index (χ1n) is 11.1. The number of amides is 1. The summed E-state index contributed by atoms with van der Waals surface area (Å²) in [7, 11) is 1.84. The van der Waals surface area contributed by atoms with Crippen LogP contribution >= 0.6 is 11.6 Å². The maximum absolute atomic E-state index is 12.7. The van der Waals surface area contributed by atoms with Crippen molar-refractivity contribution in [1.29, 1.82) is 0 Å². The minimum atomic E-state index is -0.0596. The molecule has 1 aromatic heterocycles. The molecule has 0 radical (unpaired) electrons. The van der Waals surface area contributed by atoms with E-state index >= 15 is 0 Å². The molecule has 1 amide bonds. The molecule has 2 fully saturated rings. The van der Waals surface area contributed by atoms with E-state index < -0.39 is 0 Å². The minimum Gasteiger partial charge on any atom is -0.489 e. The zero-order valence-corrected chi connectivity index (χ0v) is 19.4. The van der Waals surface area contributed by atoms with Crippen molar-refractivity contribution in [2.75, 3.05) is 26.7 Å². The van der Waals surface area contributed by atoms with Crippen LogP contribution in [0.15, 0.2) is 24.3 Å². The van der Waals surface area contributed by atoms with Gasteiger partial charge in [0.15, 0.2) is 0 Å². The fourth-order valence-electron chi connectivity index (χ4n) is 4.54. The molecule has 0 atom stereocenters. The predicted molar refractivity (Wildman–Crippen MR) is 122 cm³/mol. The van der Waals surface area contributed by atoms with Gasteiger partial charge < -0.3 is 9.64 Å². The number of nitrogens with zero attached hydrogens (tertiary/aromatic N) is 4. The Labute approximate surface area is 189 Å². The monoisotopic (exact) mass is 442 g/mol. The van der Waals surface area contributed by atoms with Crippen LogP contribution in [0.2, 0.25) is 5.02 Å². The lowest BCUT2D eigenvalue weighted by molar-refractivity contribution is 0.0416. The summed E-state index contributed by atoms with van der Waals surface area (Å²) in [6, 6.07) is 7.82. The van der Waals surface area contributed by atoms with Gasteiger partial charge in [-0.1, -0.05) is 23.7 Å². The third kappa shape index (κ3) is 5.36. The zero-order chi connectivity index (χ0) is 22.0. The van der Waals surface area contributed by atoms with Crippen LogP contribution in [0.4, 0.5) is 0 Å². The molecule has 1 aliphatic carbocycles. The Morgan fingerprint density at radius 2 is 1.97 bits per heavy atom. The van der Waals surface area contributed by atoms with Gasteiger partial charge in [-0.3, -0.25) is 9.69 Å². The van der Waals surface area contributed by atoms with E-state index in [1.165, 1.54) is 12.8 Å². The molecule has 0 unspecified atom stereocenters. The van der Waals surface area contributed by atoms with Crippen LogP contribution in [-0.2, 0) is 6.54 Å². The number of ether oxygens (including phenoxy) is 1. The third-order valence-corrected chi connectivity index (χ3v) is 6.61. The average molecular weight is 443 g/mol. The number of carbonyl (C=O) groups is 1. The molecule has 6 nitrogen and oxygen atoms in total. The van der Waals surface area contributed by atoms with E-state index in [1.54, 1.807) is 11.0 Å². The smallest absolute Gasteiger partial charge is 0.272 e. The number of carbonyl (C=O) groups excluding carboxylic acids is 1. The molecule has 1 aliphatic heterocycles. The second-order valence-electron chi connectivity index (χ2n) is 8.92. The number of likely N-dealkylation sites (tertiary alicyclic amines) is 1. The van der Waals surface area contributed by atoms with E-state index in [0.29, 0.717) is 24.0 Å². The number of benzene rings is 1. The van der Waals surface area contributed by atoms with Crippen LogP contribution in [0.3, 0.4) is 0 Å². The lowest BCUT2D eigenvalue weighted by Crippen LogP contribution is -2.42. The van der Waals surface area contributed by atoms with Crippen molar-refractivity contribution in [3.05, 3.63) is 52.1 Å². The van der Waals surface area contributed by atoms with Gasteiger partial charge >= 0.3 is 0 Å². The van der Waals surface area contributed by atoms with Gasteiger partial charge in [0.05, 0.1) is 11.1 Å². The Hall–Kier alpha value is -2.18. The molecule has 0 bridgehead atoms. The first kappa shape index (κ1) is 22.0. The van der Waals surface area contributed by atoms with Gasteiger partial charge in [0.1, 0.15) is 17.3 Å². The maximum Gasteiger partial charge on any atom is 0.272 e. The summed E-state index contributed by atoms with van der Waals surface area (Å²) in [4.78, 5) is 25.4. The molecule has 1 saturated heterocycles. The number of rotatable bonds is 7. The van der Waals surface area contributed by atoms with Crippen LogP contribution in [0.5, 0.6) is 5.75 Å². The first-order chi connectivity index (χ1) is 14.9. The van der Waals surface area contributed by atoms with Gasteiger partial charge in [-0.05, 0) is 76.2 Å². The highest BCUT2D eigenvalue weighted by Crippen LogP contribution is 2.36. The molecule has 166 valence electrons. The Morgan fingerprint density at radius 1 is 1.23 bits per heavy atom. The zero-order valence-electron chi connectivity index (χ0n) is 18.6. The Morgan fingerprint density at radius 3 is 2.68 bits per heavy atom. The van der Waals surface area contributed by atoms with Crippen molar-refractivity contribution in [3.8, 4) is 5.75 Å². The molecule has 4 rings (SSSR count). The minimum absolute atomic E-state index is 0.0596. The first-order valence-corrected chi connectivity index (χ1v) is 11.5. The number of hydrogen-bond donors (Lipinski definition) is 0. The van der Waals surface area contributed by atoms with E-state index in [0.717, 1.165) is 54.5 Å². The quantitative estimate of drug-likeness (QED) is 0.640. The fourth-order valence-corrected chi connectivity index (χ4v) is 4.77. The van der Waals surface area contributed by atoms with Gasteiger partial charge in [-0.25, -0.2) is 9.97 Å². The Kier molecular flexibility index (Phi) is 6.77. The summed E-state index contributed by atoms with van der Waals surface area (Å²) < 4.78 is 6.20. The fraction of sp³-hybridized carbons (Fsp3) is 0.542. The summed E-state index contributed by atoms with van der Waals surface area (Å²) >= 11 is 6.65. The number of aromatic nitrogens is 2. The summed E-state index contributed by atoms with van der Waals surface area (Å²) in [5.41, 5.74) is 2.41. The van der Waals surface area contributed by atoms with Gasteiger partial charge in [0, 0.05) is 25.8 Å². The van der Waals surface area contributed by atoms with E-state index in [-0.39, 0.29) is 12.0 Å². The molecule has 31 heavy (non-hydrogen) atoms. The Bertz CT molecular complexity index is 919. The van der Waals surface area contributed by atoms with Crippen LogP contribution < -0.4 is 4.74 Å². The molecule has 2 aliphatic rings. The number of hydrogen-bond acceptors (Lipinski definition) is 5. The van der Waals surface area contributed by atoms with Crippen molar-refractivity contribution in [3.63, 3.8) is 0 Å². The van der Waals surface area contributed by atoms with Gasteiger partial charge in [0.2, 0.25) is 0 Å². The normalized spacial score (nSPS) is 21.0. The Balaban J connectivity index is 1.28. The molecular weight excluding hydrogens is 412 g/mol. The van der Waals surface area contributed by atoms with E-state index in [2.05, 4.69) is 20.9 Å². The van der Waals surface area contributed by atoms with Crippen molar-refractivity contribution in [2.24, 2.45) is 5.92 Å². The van der Waals surface area contributed by atoms with Crippen molar-refractivity contribution in [1.82, 2.24) is 19.8 Å². The molecule has 1 saturated carbocycles. The lowest BCUT2D eigenvalue weighted by Gasteiger charge is -2.37. The summed E-state index contributed by atoms with van der Waals surface area (Å²) in [5, 5.41) is 0.736. The largest absolute Gasteiger partial charge is 0.489 e. The number of halogens is 1.